The molecule has 158 valence electrons. The summed E-state index contributed by atoms with van der Waals surface area (Å²) in [6.45, 7) is 5.67. The topological polar surface area (TPSA) is 125 Å². The van der Waals surface area contributed by atoms with Crippen molar-refractivity contribution >= 4 is 23.0 Å². The molecule has 3 N–H and O–H groups in total. The molecule has 1 atom stereocenters. The number of para-hydroxylation sites is 1. The summed E-state index contributed by atoms with van der Waals surface area (Å²) >= 11 is 0. The molecular formula is C21H24N4O5. The van der Waals surface area contributed by atoms with Crippen LogP contribution in [0.2, 0.25) is 0 Å². The zero-order valence-electron chi connectivity index (χ0n) is 17.4. The maximum Gasteiger partial charge on any atom is 0.257 e. The Hall–Kier alpha value is -3.62. The molecule has 0 unspecified atom stereocenters. The third kappa shape index (κ3) is 3.78. The Balaban J connectivity index is 1.93. The number of carbonyl (C=O) groups excluding carboxylic acids is 1. The van der Waals surface area contributed by atoms with Gasteiger partial charge in [0.05, 0.1) is 23.0 Å². The first-order chi connectivity index (χ1) is 14.1. The molecule has 0 aliphatic heterocycles. The van der Waals surface area contributed by atoms with E-state index in [9.17, 15) is 19.5 Å². The molecule has 9 nitrogen and oxygen atoms in total. The van der Waals surface area contributed by atoms with Crippen LogP contribution in [0.5, 0.6) is 5.75 Å². The maximum atomic E-state index is 12.2. The number of aromatic nitrogens is 1. The number of rotatable bonds is 7. The summed E-state index contributed by atoms with van der Waals surface area (Å²) in [5.74, 6) is -0.117. The Kier molecular flexibility index (Phi) is 5.64. The van der Waals surface area contributed by atoms with Crippen molar-refractivity contribution in [2.24, 2.45) is 5.92 Å². The van der Waals surface area contributed by atoms with E-state index in [0.717, 1.165) is 0 Å². The first-order valence-electron chi connectivity index (χ1n) is 9.45. The Bertz CT molecular complexity index is 1150. The highest BCUT2D eigenvalue weighted by Crippen LogP contribution is 2.34. The number of aryl methyl sites for hydroxylation is 1. The van der Waals surface area contributed by atoms with Crippen LogP contribution >= 0.6 is 0 Å². The van der Waals surface area contributed by atoms with Crippen LogP contribution in [0.4, 0.5) is 17.1 Å². The number of phenols is 1. The van der Waals surface area contributed by atoms with Crippen molar-refractivity contribution < 1.29 is 14.4 Å². The van der Waals surface area contributed by atoms with Crippen LogP contribution in [0.25, 0.3) is 0 Å². The SMILES string of the molecule is Cc1cc([C@H](Nc2c(Nc3cccc(C(=O)N(C)C)c3O)c(=O)c2=O)C(C)C)on1. The van der Waals surface area contributed by atoms with Gasteiger partial charge in [-0.25, -0.2) is 0 Å². The second kappa shape index (κ2) is 8.02. The molecule has 3 aromatic rings. The van der Waals surface area contributed by atoms with Gasteiger partial charge in [0.2, 0.25) is 0 Å². The van der Waals surface area contributed by atoms with Gasteiger partial charge in [0, 0.05) is 20.2 Å². The molecule has 0 aliphatic rings. The minimum absolute atomic E-state index is 0.0200. The van der Waals surface area contributed by atoms with E-state index < -0.39 is 10.9 Å². The van der Waals surface area contributed by atoms with Crippen molar-refractivity contribution in [1.29, 1.82) is 0 Å². The molecule has 9 heteroatoms. The minimum atomic E-state index is -0.711. The van der Waals surface area contributed by atoms with Crippen molar-refractivity contribution in [2.45, 2.75) is 26.8 Å². The maximum absolute atomic E-state index is 12.2. The van der Waals surface area contributed by atoms with Gasteiger partial charge in [-0.15, -0.1) is 0 Å². The molecule has 1 heterocycles. The molecule has 1 amide bonds. The highest BCUT2D eigenvalue weighted by Gasteiger charge is 2.28. The first kappa shape index (κ1) is 21.1. The Morgan fingerprint density at radius 1 is 1.17 bits per heavy atom. The first-order valence-corrected chi connectivity index (χ1v) is 9.45. The Morgan fingerprint density at radius 3 is 2.40 bits per heavy atom. The van der Waals surface area contributed by atoms with E-state index in [2.05, 4.69) is 15.8 Å². The van der Waals surface area contributed by atoms with Crippen molar-refractivity contribution in [3.05, 3.63) is 61.7 Å². The van der Waals surface area contributed by atoms with E-state index in [1.807, 2.05) is 13.8 Å². The molecule has 0 radical (unpaired) electrons. The van der Waals surface area contributed by atoms with Gasteiger partial charge >= 0.3 is 0 Å². The standard InChI is InChI=1S/C21H24N4O5/c1-10(2)15(14-9-11(3)24-30-14)23-17-16(19(27)20(17)28)22-13-8-6-7-12(18(13)26)21(29)25(4)5/h6-10,15,22-23,26H,1-5H3/t15-/m1/s1. The van der Waals surface area contributed by atoms with Gasteiger partial charge in [0.1, 0.15) is 11.4 Å². The molecule has 30 heavy (non-hydrogen) atoms. The summed E-state index contributed by atoms with van der Waals surface area (Å²) in [7, 11) is 3.13. The summed E-state index contributed by atoms with van der Waals surface area (Å²) in [4.78, 5) is 38.0. The van der Waals surface area contributed by atoms with Gasteiger partial charge in [-0.3, -0.25) is 14.4 Å². The van der Waals surface area contributed by atoms with E-state index in [1.165, 1.54) is 17.0 Å². The second-order valence-corrected chi connectivity index (χ2v) is 7.67. The number of anilines is 3. The summed E-state index contributed by atoms with van der Waals surface area (Å²) in [5.41, 5.74) is -0.335. The molecule has 0 spiro atoms. The van der Waals surface area contributed by atoms with Crippen LogP contribution in [0, 0.1) is 12.8 Å². The number of benzene rings is 1. The zero-order valence-corrected chi connectivity index (χ0v) is 17.4. The lowest BCUT2D eigenvalue weighted by atomic mass is 10.00. The third-order valence-corrected chi connectivity index (χ3v) is 4.76. The summed E-state index contributed by atoms with van der Waals surface area (Å²) in [6, 6.07) is 5.95. The van der Waals surface area contributed by atoms with Crippen molar-refractivity contribution in [1.82, 2.24) is 10.1 Å². The van der Waals surface area contributed by atoms with Crippen molar-refractivity contribution in [2.75, 3.05) is 24.7 Å². The van der Waals surface area contributed by atoms with Gasteiger partial charge in [0.25, 0.3) is 16.8 Å². The van der Waals surface area contributed by atoms with Crippen molar-refractivity contribution in [3.8, 4) is 5.75 Å². The fourth-order valence-electron chi connectivity index (χ4n) is 3.09. The van der Waals surface area contributed by atoms with Gasteiger partial charge in [-0.1, -0.05) is 25.1 Å². The van der Waals surface area contributed by atoms with E-state index in [-0.39, 0.29) is 46.2 Å². The second-order valence-electron chi connectivity index (χ2n) is 7.67. The van der Waals surface area contributed by atoms with Gasteiger partial charge in [-0.05, 0) is 25.0 Å². The lowest BCUT2D eigenvalue weighted by molar-refractivity contribution is 0.0824. The summed E-state index contributed by atoms with van der Waals surface area (Å²) < 4.78 is 5.32. The molecule has 0 saturated heterocycles. The van der Waals surface area contributed by atoms with Gasteiger partial charge < -0.3 is 25.2 Å². The quantitative estimate of drug-likeness (QED) is 0.399. The van der Waals surface area contributed by atoms with Crippen LogP contribution in [-0.2, 0) is 0 Å². The normalized spacial score (nSPS) is 12.2. The molecule has 2 aromatic carbocycles. The molecule has 0 aliphatic carbocycles. The highest BCUT2D eigenvalue weighted by atomic mass is 16.5. The number of nitrogens with one attached hydrogen (secondary N) is 2. The number of nitrogens with zero attached hydrogens (tertiary/aromatic N) is 2. The third-order valence-electron chi connectivity index (χ3n) is 4.76. The molecular weight excluding hydrogens is 388 g/mol. The number of hydrogen-bond acceptors (Lipinski definition) is 8. The fraction of sp³-hybridized carbons (Fsp3) is 0.333. The predicted octanol–water partition coefficient (Wildman–Crippen LogP) is 2.54. The average Bonchev–Trinajstić information content (AvgIpc) is 3.13. The largest absolute Gasteiger partial charge is 0.505 e. The van der Waals surface area contributed by atoms with Crippen molar-refractivity contribution in [3.63, 3.8) is 0 Å². The molecule has 0 fully saturated rings. The van der Waals surface area contributed by atoms with Gasteiger partial charge in [-0.2, -0.15) is 0 Å². The monoisotopic (exact) mass is 412 g/mol. The van der Waals surface area contributed by atoms with Crippen LogP contribution in [0.3, 0.4) is 0 Å². The summed E-state index contributed by atoms with van der Waals surface area (Å²) in [6.07, 6.45) is 0. The van der Waals surface area contributed by atoms with Crippen LogP contribution in [0.1, 0.15) is 41.7 Å². The lowest BCUT2D eigenvalue weighted by Crippen LogP contribution is -2.38. The smallest absolute Gasteiger partial charge is 0.257 e. The van der Waals surface area contributed by atoms with E-state index >= 15 is 0 Å². The Labute approximate surface area is 173 Å². The number of amides is 1. The van der Waals surface area contributed by atoms with E-state index in [0.29, 0.717) is 11.5 Å². The van der Waals surface area contributed by atoms with E-state index in [4.69, 9.17) is 4.52 Å². The predicted molar refractivity (Wildman–Crippen MR) is 113 cm³/mol. The number of carbonyl (C=O) groups is 1. The number of phenolic OH excluding ortho intramolecular Hbond substituents is 1. The van der Waals surface area contributed by atoms with Gasteiger partial charge in [0.15, 0.2) is 11.5 Å². The highest BCUT2D eigenvalue weighted by molar-refractivity contribution is 5.99. The van der Waals surface area contributed by atoms with Crippen LogP contribution < -0.4 is 21.5 Å². The minimum Gasteiger partial charge on any atom is -0.505 e. The number of hydrogen-bond donors (Lipinski definition) is 3. The fourth-order valence-corrected chi connectivity index (χ4v) is 3.09. The van der Waals surface area contributed by atoms with Crippen LogP contribution in [-0.4, -0.2) is 35.2 Å². The van der Waals surface area contributed by atoms with Crippen LogP contribution in [0.15, 0.2) is 38.4 Å². The van der Waals surface area contributed by atoms with E-state index in [1.54, 1.807) is 33.2 Å². The summed E-state index contributed by atoms with van der Waals surface area (Å²) in [5, 5.41) is 20.2. The average molecular weight is 412 g/mol. The Morgan fingerprint density at radius 2 is 1.83 bits per heavy atom. The lowest BCUT2D eigenvalue weighted by Gasteiger charge is -2.23. The molecule has 0 saturated carbocycles. The molecule has 1 aromatic heterocycles. The number of aromatic hydroxyl groups is 1. The molecule has 3 rings (SSSR count). The molecule has 0 bridgehead atoms. The zero-order chi connectivity index (χ0) is 22.2.